The van der Waals surface area contributed by atoms with Crippen LogP contribution >= 0.6 is 11.6 Å². The number of rotatable bonds is 4. The smallest absolute Gasteiger partial charge is 0.253 e. The molecule has 0 saturated heterocycles. The fraction of sp³-hybridized carbons (Fsp3) is 0.227. The van der Waals surface area contributed by atoms with Gasteiger partial charge in [0.15, 0.2) is 5.54 Å². The summed E-state index contributed by atoms with van der Waals surface area (Å²) in [5.74, 6) is -0.451. The quantitative estimate of drug-likeness (QED) is 0.657. The normalized spacial score (nSPS) is 17.6. The van der Waals surface area contributed by atoms with E-state index in [1.807, 2.05) is 4.57 Å². The first-order valence-corrected chi connectivity index (χ1v) is 9.55. The molecule has 29 heavy (non-hydrogen) atoms. The lowest BCUT2D eigenvalue weighted by Gasteiger charge is -2.35. The Bertz CT molecular complexity index is 1120. The number of nitrogens with zero attached hydrogens (tertiary/aromatic N) is 4. The number of likely N-dealkylation sites (N-methyl/N-ethyl adjacent to an activating group) is 1. The standard InChI is InChI=1S/C22H18ClFN4O/c1-27(13-15-2-5-17(24)6-3-15)21(29)22(9-8-18-12-26-14-28(18)22)19-7-4-16(11-25)10-20(19)23/h2-7,10,12,14H,8-9,13H2,1H3. The second-order valence-corrected chi connectivity index (χ2v) is 7.62. The topological polar surface area (TPSA) is 61.9 Å². The highest BCUT2D eigenvalue weighted by Crippen LogP contribution is 2.43. The van der Waals surface area contributed by atoms with Gasteiger partial charge in [0.25, 0.3) is 5.91 Å². The van der Waals surface area contributed by atoms with Gasteiger partial charge in [-0.05, 0) is 42.7 Å². The molecule has 1 aliphatic rings. The molecule has 4 rings (SSSR count). The fourth-order valence-electron chi connectivity index (χ4n) is 4.04. The van der Waals surface area contributed by atoms with Gasteiger partial charge in [-0.25, -0.2) is 9.37 Å². The minimum atomic E-state index is -1.04. The Hall–Kier alpha value is -3.17. The molecular formula is C22H18ClFN4O. The fourth-order valence-corrected chi connectivity index (χ4v) is 4.38. The summed E-state index contributed by atoms with van der Waals surface area (Å²) in [6, 6.07) is 13.2. The predicted octanol–water partition coefficient (Wildman–Crippen LogP) is 3.90. The van der Waals surface area contributed by atoms with Crippen LogP contribution in [-0.2, 0) is 23.3 Å². The van der Waals surface area contributed by atoms with Gasteiger partial charge in [0.2, 0.25) is 0 Å². The SMILES string of the molecule is CN(Cc1ccc(F)cc1)C(=O)C1(c2ccc(C#N)cc2Cl)CCc2cncn21. The molecule has 1 aromatic heterocycles. The second-order valence-electron chi connectivity index (χ2n) is 7.21. The van der Waals surface area contributed by atoms with Gasteiger partial charge in [-0.2, -0.15) is 5.26 Å². The monoisotopic (exact) mass is 408 g/mol. The third-order valence-electron chi connectivity index (χ3n) is 5.45. The number of carbonyl (C=O) groups excluding carboxylic acids is 1. The molecule has 146 valence electrons. The van der Waals surface area contributed by atoms with Crippen LogP contribution in [0, 0.1) is 17.1 Å². The van der Waals surface area contributed by atoms with E-state index in [4.69, 9.17) is 16.9 Å². The van der Waals surface area contributed by atoms with Gasteiger partial charge < -0.3 is 9.47 Å². The molecule has 0 aliphatic carbocycles. The van der Waals surface area contributed by atoms with E-state index >= 15 is 0 Å². The molecule has 2 heterocycles. The Morgan fingerprint density at radius 2 is 2.10 bits per heavy atom. The van der Waals surface area contributed by atoms with Crippen LogP contribution in [0.4, 0.5) is 4.39 Å². The molecule has 7 heteroatoms. The van der Waals surface area contributed by atoms with E-state index < -0.39 is 5.54 Å². The Balaban J connectivity index is 1.77. The molecule has 1 amide bonds. The lowest BCUT2D eigenvalue weighted by molar-refractivity contribution is -0.137. The lowest BCUT2D eigenvalue weighted by atomic mass is 9.85. The van der Waals surface area contributed by atoms with Crippen molar-refractivity contribution in [3.05, 3.63) is 88.2 Å². The van der Waals surface area contributed by atoms with E-state index in [-0.39, 0.29) is 11.7 Å². The highest BCUT2D eigenvalue weighted by atomic mass is 35.5. The van der Waals surface area contributed by atoms with E-state index in [0.29, 0.717) is 35.5 Å². The van der Waals surface area contributed by atoms with E-state index in [0.717, 1.165) is 11.3 Å². The van der Waals surface area contributed by atoms with Crippen molar-refractivity contribution in [1.29, 1.82) is 5.26 Å². The summed E-state index contributed by atoms with van der Waals surface area (Å²) in [5.41, 5.74) is 1.82. The molecule has 0 radical (unpaired) electrons. The van der Waals surface area contributed by atoms with Crippen molar-refractivity contribution < 1.29 is 9.18 Å². The van der Waals surface area contributed by atoms with Crippen molar-refractivity contribution in [2.24, 2.45) is 0 Å². The summed E-state index contributed by atoms with van der Waals surface area (Å²) >= 11 is 6.54. The predicted molar refractivity (Wildman–Crippen MR) is 107 cm³/mol. The number of halogens is 2. The van der Waals surface area contributed by atoms with Crippen LogP contribution in [0.15, 0.2) is 55.0 Å². The number of hydrogen-bond acceptors (Lipinski definition) is 3. The second kappa shape index (κ2) is 7.34. The first-order valence-electron chi connectivity index (χ1n) is 9.17. The molecule has 1 unspecified atom stereocenters. The number of amides is 1. The summed E-state index contributed by atoms with van der Waals surface area (Å²) in [4.78, 5) is 19.6. The third-order valence-corrected chi connectivity index (χ3v) is 5.76. The number of aromatic nitrogens is 2. The number of aryl methyl sites for hydroxylation is 1. The first-order chi connectivity index (χ1) is 14.0. The Labute approximate surface area is 173 Å². The van der Waals surface area contributed by atoms with Crippen molar-refractivity contribution in [3.63, 3.8) is 0 Å². The van der Waals surface area contributed by atoms with Crippen molar-refractivity contribution in [2.75, 3.05) is 7.05 Å². The van der Waals surface area contributed by atoms with Gasteiger partial charge in [0.1, 0.15) is 5.82 Å². The van der Waals surface area contributed by atoms with Gasteiger partial charge in [0, 0.05) is 36.1 Å². The first kappa shape index (κ1) is 19.2. The molecule has 0 bridgehead atoms. The molecule has 0 N–H and O–H groups in total. The molecule has 5 nitrogen and oxygen atoms in total. The Morgan fingerprint density at radius 3 is 2.79 bits per heavy atom. The average molecular weight is 409 g/mol. The maximum Gasteiger partial charge on any atom is 0.253 e. The highest BCUT2D eigenvalue weighted by Gasteiger charge is 2.49. The molecule has 1 atom stereocenters. The zero-order valence-corrected chi connectivity index (χ0v) is 16.5. The number of nitriles is 1. The molecule has 1 aliphatic heterocycles. The van der Waals surface area contributed by atoms with Gasteiger partial charge in [-0.1, -0.05) is 29.8 Å². The molecule has 0 fully saturated rings. The van der Waals surface area contributed by atoms with Gasteiger partial charge >= 0.3 is 0 Å². The van der Waals surface area contributed by atoms with Gasteiger partial charge in [-0.3, -0.25) is 4.79 Å². The summed E-state index contributed by atoms with van der Waals surface area (Å²) in [6.07, 6.45) is 4.64. The minimum absolute atomic E-state index is 0.134. The van der Waals surface area contributed by atoms with Crippen molar-refractivity contribution in [3.8, 4) is 6.07 Å². The summed E-state index contributed by atoms with van der Waals surface area (Å²) < 4.78 is 15.1. The Morgan fingerprint density at radius 1 is 1.34 bits per heavy atom. The van der Waals surface area contributed by atoms with Crippen LogP contribution in [0.1, 0.15) is 28.8 Å². The maximum atomic E-state index is 13.8. The number of fused-ring (bicyclic) bond motifs is 1. The van der Waals surface area contributed by atoms with Crippen LogP contribution in [-0.4, -0.2) is 27.4 Å². The van der Waals surface area contributed by atoms with E-state index in [1.165, 1.54) is 12.1 Å². The van der Waals surface area contributed by atoms with Crippen LogP contribution < -0.4 is 0 Å². The van der Waals surface area contributed by atoms with Crippen molar-refractivity contribution in [1.82, 2.24) is 14.5 Å². The summed E-state index contributed by atoms with van der Waals surface area (Å²) in [7, 11) is 1.72. The van der Waals surface area contributed by atoms with Gasteiger partial charge in [-0.15, -0.1) is 0 Å². The molecule has 3 aromatic rings. The van der Waals surface area contributed by atoms with Crippen LogP contribution in [0.25, 0.3) is 0 Å². The zero-order chi connectivity index (χ0) is 20.6. The number of hydrogen-bond donors (Lipinski definition) is 0. The van der Waals surface area contributed by atoms with Gasteiger partial charge in [0.05, 0.1) is 18.0 Å². The van der Waals surface area contributed by atoms with E-state index in [2.05, 4.69) is 11.1 Å². The third kappa shape index (κ3) is 3.18. The highest BCUT2D eigenvalue weighted by molar-refractivity contribution is 6.32. The largest absolute Gasteiger partial charge is 0.339 e. The number of carbonyl (C=O) groups is 1. The Kier molecular flexibility index (Phi) is 4.85. The minimum Gasteiger partial charge on any atom is -0.339 e. The van der Waals surface area contributed by atoms with Crippen LogP contribution in [0.3, 0.4) is 0 Å². The average Bonchev–Trinajstić information content (AvgIpc) is 3.32. The summed E-state index contributed by atoms with van der Waals surface area (Å²) in [6.45, 7) is 0.332. The molecule has 2 aromatic carbocycles. The van der Waals surface area contributed by atoms with E-state index in [1.54, 1.807) is 54.8 Å². The molecule has 0 saturated carbocycles. The molecular weight excluding hydrogens is 391 g/mol. The van der Waals surface area contributed by atoms with Crippen LogP contribution in [0.2, 0.25) is 5.02 Å². The summed E-state index contributed by atoms with van der Waals surface area (Å²) in [5, 5.41) is 9.53. The van der Waals surface area contributed by atoms with E-state index in [9.17, 15) is 9.18 Å². The zero-order valence-electron chi connectivity index (χ0n) is 15.8. The van der Waals surface area contributed by atoms with Crippen molar-refractivity contribution >= 4 is 17.5 Å². The van der Waals surface area contributed by atoms with Crippen molar-refractivity contribution in [2.45, 2.75) is 24.9 Å². The molecule has 0 spiro atoms. The maximum absolute atomic E-state index is 13.8. The number of benzene rings is 2. The van der Waals surface area contributed by atoms with Crippen LogP contribution in [0.5, 0.6) is 0 Å². The lowest BCUT2D eigenvalue weighted by Crippen LogP contribution is -2.48. The number of imidazole rings is 1.